The Kier molecular flexibility index (Phi) is 4.93. The molecule has 2 aromatic rings. The minimum absolute atomic E-state index is 0.0682. The molecule has 5 heteroatoms. The number of nitrogens with one attached hydrogen (secondary N) is 1. The molecule has 1 heterocycles. The van der Waals surface area contributed by atoms with Crippen LogP contribution in [-0.2, 0) is 6.54 Å². The van der Waals surface area contributed by atoms with Gasteiger partial charge in [-0.2, -0.15) is 0 Å². The van der Waals surface area contributed by atoms with E-state index in [1.165, 1.54) is 12.3 Å². The van der Waals surface area contributed by atoms with Gasteiger partial charge in [-0.15, -0.1) is 0 Å². The predicted molar refractivity (Wildman–Crippen MR) is 72.7 cm³/mol. The quantitative estimate of drug-likeness (QED) is 0.822. The molecule has 0 aliphatic rings. The van der Waals surface area contributed by atoms with Crippen LogP contribution in [0, 0.1) is 11.8 Å². The number of carbonyl (C=O) groups excluding carboxylic acids is 1. The van der Waals surface area contributed by atoms with Gasteiger partial charge in [0.2, 0.25) is 5.76 Å². The van der Waals surface area contributed by atoms with Crippen molar-refractivity contribution in [1.82, 2.24) is 10.5 Å². The van der Waals surface area contributed by atoms with Crippen LogP contribution in [0.5, 0.6) is 0 Å². The molecule has 2 rings (SSSR count). The van der Waals surface area contributed by atoms with Gasteiger partial charge in [0.1, 0.15) is 0 Å². The largest absolute Gasteiger partial charge is 0.395 e. The Morgan fingerprint density at radius 2 is 2.10 bits per heavy atom. The highest BCUT2D eigenvalue weighted by Crippen LogP contribution is 2.04. The number of carbonyl (C=O) groups is 1. The van der Waals surface area contributed by atoms with Gasteiger partial charge in [0.05, 0.1) is 12.8 Å². The SMILES string of the molecule is O=C(NCc1ccc(C#CCCO)cc1)c1ccno1. The number of rotatable bonds is 4. The normalized spacial score (nSPS) is 9.65. The van der Waals surface area contributed by atoms with Crippen LogP contribution in [0.15, 0.2) is 41.1 Å². The Hall–Kier alpha value is -2.58. The van der Waals surface area contributed by atoms with Crippen LogP contribution in [0.4, 0.5) is 0 Å². The third-order valence-electron chi connectivity index (χ3n) is 2.54. The second kappa shape index (κ2) is 7.12. The van der Waals surface area contributed by atoms with E-state index in [2.05, 4.69) is 22.3 Å². The first kappa shape index (κ1) is 13.8. The number of aliphatic hydroxyl groups is 1. The number of amides is 1. The summed E-state index contributed by atoms with van der Waals surface area (Å²) in [5.74, 6) is 5.68. The van der Waals surface area contributed by atoms with Crippen LogP contribution in [0.1, 0.15) is 28.1 Å². The molecule has 0 atom stereocenters. The molecule has 0 fully saturated rings. The summed E-state index contributed by atoms with van der Waals surface area (Å²) in [6.07, 6.45) is 1.89. The van der Waals surface area contributed by atoms with Crippen molar-refractivity contribution in [1.29, 1.82) is 0 Å². The van der Waals surface area contributed by atoms with Crippen LogP contribution in [0.25, 0.3) is 0 Å². The molecule has 0 aliphatic heterocycles. The van der Waals surface area contributed by atoms with Crippen molar-refractivity contribution in [3.8, 4) is 11.8 Å². The van der Waals surface area contributed by atoms with E-state index >= 15 is 0 Å². The molecule has 0 radical (unpaired) electrons. The fraction of sp³-hybridized carbons (Fsp3) is 0.200. The third kappa shape index (κ3) is 3.97. The molecule has 1 aromatic carbocycles. The predicted octanol–water partition coefficient (Wildman–Crippen LogP) is 1.34. The molecule has 0 aliphatic carbocycles. The Balaban J connectivity index is 1.88. The molecule has 0 bridgehead atoms. The molecular formula is C15H14N2O3. The zero-order valence-electron chi connectivity index (χ0n) is 10.8. The van der Waals surface area contributed by atoms with Gasteiger partial charge in [-0.05, 0) is 17.7 Å². The third-order valence-corrected chi connectivity index (χ3v) is 2.54. The van der Waals surface area contributed by atoms with E-state index in [1.807, 2.05) is 24.3 Å². The lowest BCUT2D eigenvalue weighted by Gasteiger charge is -2.03. The zero-order valence-corrected chi connectivity index (χ0v) is 10.8. The molecule has 1 amide bonds. The second-order valence-electron chi connectivity index (χ2n) is 4.03. The Bertz CT molecular complexity index is 607. The van der Waals surface area contributed by atoms with E-state index < -0.39 is 0 Å². The van der Waals surface area contributed by atoms with Gasteiger partial charge in [-0.1, -0.05) is 29.1 Å². The first-order valence-corrected chi connectivity index (χ1v) is 6.17. The number of benzene rings is 1. The van der Waals surface area contributed by atoms with Gasteiger partial charge in [0.15, 0.2) is 0 Å². The van der Waals surface area contributed by atoms with E-state index in [9.17, 15) is 4.79 Å². The maximum absolute atomic E-state index is 11.6. The smallest absolute Gasteiger partial charge is 0.290 e. The van der Waals surface area contributed by atoms with E-state index in [1.54, 1.807) is 0 Å². The Morgan fingerprint density at radius 3 is 2.75 bits per heavy atom. The molecule has 20 heavy (non-hydrogen) atoms. The lowest BCUT2D eigenvalue weighted by atomic mass is 10.1. The summed E-state index contributed by atoms with van der Waals surface area (Å²) in [5.41, 5.74) is 1.84. The van der Waals surface area contributed by atoms with Gasteiger partial charge in [-0.3, -0.25) is 4.79 Å². The van der Waals surface area contributed by atoms with Crippen molar-refractivity contribution >= 4 is 5.91 Å². The van der Waals surface area contributed by atoms with E-state index in [0.717, 1.165) is 11.1 Å². The summed E-state index contributed by atoms with van der Waals surface area (Å²) >= 11 is 0. The van der Waals surface area contributed by atoms with Crippen LogP contribution >= 0.6 is 0 Å². The number of hydrogen-bond donors (Lipinski definition) is 2. The molecule has 0 unspecified atom stereocenters. The van der Waals surface area contributed by atoms with Crippen molar-refractivity contribution in [3.05, 3.63) is 53.4 Å². The molecule has 0 spiro atoms. The molecule has 102 valence electrons. The zero-order chi connectivity index (χ0) is 14.2. The molecular weight excluding hydrogens is 256 g/mol. The lowest BCUT2D eigenvalue weighted by molar-refractivity contribution is 0.0914. The van der Waals surface area contributed by atoms with Crippen LogP contribution in [0.3, 0.4) is 0 Å². The molecule has 0 saturated carbocycles. The highest BCUT2D eigenvalue weighted by molar-refractivity contribution is 5.91. The lowest BCUT2D eigenvalue weighted by Crippen LogP contribution is -2.22. The van der Waals surface area contributed by atoms with Gasteiger partial charge >= 0.3 is 0 Å². The molecule has 5 nitrogen and oxygen atoms in total. The summed E-state index contributed by atoms with van der Waals surface area (Å²) in [5, 5.41) is 14.8. The molecule has 0 saturated heterocycles. The van der Waals surface area contributed by atoms with Crippen molar-refractivity contribution in [2.75, 3.05) is 6.61 Å². The van der Waals surface area contributed by atoms with Gasteiger partial charge in [-0.25, -0.2) is 0 Å². The van der Waals surface area contributed by atoms with Crippen molar-refractivity contribution < 1.29 is 14.4 Å². The minimum atomic E-state index is -0.297. The maximum Gasteiger partial charge on any atom is 0.290 e. The van der Waals surface area contributed by atoms with Gasteiger partial charge < -0.3 is 14.9 Å². The molecule has 1 aromatic heterocycles. The van der Waals surface area contributed by atoms with Gasteiger partial charge in [0.25, 0.3) is 5.91 Å². The maximum atomic E-state index is 11.6. The first-order chi connectivity index (χ1) is 9.79. The second-order valence-corrected chi connectivity index (χ2v) is 4.03. The van der Waals surface area contributed by atoms with Crippen molar-refractivity contribution in [3.63, 3.8) is 0 Å². The van der Waals surface area contributed by atoms with Crippen LogP contribution < -0.4 is 5.32 Å². The highest BCUT2D eigenvalue weighted by atomic mass is 16.5. The average Bonchev–Trinajstić information content (AvgIpc) is 3.01. The highest BCUT2D eigenvalue weighted by Gasteiger charge is 2.08. The van der Waals surface area contributed by atoms with E-state index in [-0.39, 0.29) is 18.3 Å². The first-order valence-electron chi connectivity index (χ1n) is 6.17. The van der Waals surface area contributed by atoms with Crippen molar-refractivity contribution in [2.24, 2.45) is 0 Å². The van der Waals surface area contributed by atoms with E-state index in [4.69, 9.17) is 9.63 Å². The average molecular weight is 270 g/mol. The summed E-state index contributed by atoms with van der Waals surface area (Å²) < 4.78 is 4.76. The molecule has 2 N–H and O–H groups in total. The summed E-state index contributed by atoms with van der Waals surface area (Å²) in [6.45, 7) is 0.475. The van der Waals surface area contributed by atoms with E-state index in [0.29, 0.717) is 13.0 Å². The van der Waals surface area contributed by atoms with Crippen LogP contribution in [0.2, 0.25) is 0 Å². The Labute approximate surface area is 116 Å². The van der Waals surface area contributed by atoms with Gasteiger partial charge in [0, 0.05) is 24.6 Å². The number of hydrogen-bond acceptors (Lipinski definition) is 4. The standard InChI is InChI=1S/C15H14N2O3/c18-10-2-1-3-12-4-6-13(7-5-12)11-16-15(19)14-8-9-17-20-14/h4-9,18H,2,10-11H2,(H,16,19). The topological polar surface area (TPSA) is 75.4 Å². The number of aliphatic hydroxyl groups excluding tert-OH is 1. The van der Waals surface area contributed by atoms with Crippen LogP contribution in [-0.4, -0.2) is 22.8 Å². The monoisotopic (exact) mass is 270 g/mol. The Morgan fingerprint density at radius 1 is 1.30 bits per heavy atom. The van der Waals surface area contributed by atoms with Crippen molar-refractivity contribution in [2.45, 2.75) is 13.0 Å². The fourth-order valence-electron chi connectivity index (χ4n) is 1.53. The minimum Gasteiger partial charge on any atom is -0.395 e. The summed E-state index contributed by atoms with van der Waals surface area (Å²) in [7, 11) is 0. The fourth-order valence-corrected chi connectivity index (χ4v) is 1.53. The number of nitrogens with zero attached hydrogens (tertiary/aromatic N) is 1. The summed E-state index contributed by atoms with van der Waals surface area (Å²) in [4.78, 5) is 11.6. The number of aromatic nitrogens is 1. The summed E-state index contributed by atoms with van der Waals surface area (Å²) in [6, 6.07) is 9.04.